The van der Waals surface area contributed by atoms with Crippen molar-refractivity contribution in [2.75, 3.05) is 5.32 Å². The van der Waals surface area contributed by atoms with Gasteiger partial charge in [-0.25, -0.2) is 4.68 Å². The highest BCUT2D eigenvalue weighted by Gasteiger charge is 2.24. The van der Waals surface area contributed by atoms with E-state index >= 15 is 0 Å². The van der Waals surface area contributed by atoms with Crippen molar-refractivity contribution in [2.24, 2.45) is 0 Å². The minimum absolute atomic E-state index is 0.0996. The molecule has 21 heavy (non-hydrogen) atoms. The lowest BCUT2D eigenvalue weighted by molar-refractivity contribution is 0.448. The van der Waals surface area contributed by atoms with E-state index in [4.69, 9.17) is 4.42 Å². The first-order valence-corrected chi connectivity index (χ1v) is 7.28. The van der Waals surface area contributed by atoms with E-state index < -0.39 is 0 Å². The molecule has 1 aliphatic heterocycles. The molecule has 0 fully saturated rings. The van der Waals surface area contributed by atoms with Gasteiger partial charge in [0.15, 0.2) is 0 Å². The minimum Gasteiger partial charge on any atom is -0.467 e. The molecule has 4 rings (SSSR count). The summed E-state index contributed by atoms with van der Waals surface area (Å²) in [7, 11) is 0. The summed E-state index contributed by atoms with van der Waals surface area (Å²) in [5, 5.41) is 7.57. The molecule has 1 aromatic carbocycles. The second-order valence-corrected chi connectivity index (χ2v) is 5.62. The van der Waals surface area contributed by atoms with Gasteiger partial charge in [0.1, 0.15) is 18.1 Å². The monoisotopic (exact) mass is 342 g/mol. The molecule has 0 spiro atoms. The Labute approximate surface area is 129 Å². The first kappa shape index (κ1) is 12.4. The molecule has 3 aromatic rings. The van der Waals surface area contributed by atoms with Crippen LogP contribution in [0.1, 0.15) is 17.4 Å². The van der Waals surface area contributed by atoms with E-state index in [9.17, 15) is 0 Å². The third-order valence-corrected chi connectivity index (χ3v) is 3.93. The number of aromatic nitrogens is 3. The fourth-order valence-corrected chi connectivity index (χ4v) is 2.66. The Morgan fingerprint density at radius 1 is 1.19 bits per heavy atom. The van der Waals surface area contributed by atoms with Crippen LogP contribution in [-0.4, -0.2) is 14.8 Å². The van der Waals surface area contributed by atoms with E-state index in [1.54, 1.807) is 10.9 Å². The number of nitrogens with one attached hydrogen (secondary N) is 1. The van der Waals surface area contributed by atoms with Gasteiger partial charge in [0.2, 0.25) is 5.95 Å². The third kappa shape index (κ3) is 2.17. The zero-order valence-corrected chi connectivity index (χ0v) is 12.5. The second kappa shape index (κ2) is 4.89. The van der Waals surface area contributed by atoms with Gasteiger partial charge in [-0.2, -0.15) is 10.1 Å². The largest absolute Gasteiger partial charge is 0.467 e. The molecule has 2 aromatic heterocycles. The van der Waals surface area contributed by atoms with Crippen molar-refractivity contribution in [3.63, 3.8) is 0 Å². The van der Waals surface area contributed by atoms with Crippen molar-refractivity contribution in [3.05, 3.63) is 70.9 Å². The van der Waals surface area contributed by atoms with Crippen LogP contribution in [0.2, 0.25) is 0 Å². The summed E-state index contributed by atoms with van der Waals surface area (Å²) in [5.41, 5.74) is 2.08. The summed E-state index contributed by atoms with van der Waals surface area (Å²) in [4.78, 5) is 4.26. The van der Waals surface area contributed by atoms with Crippen LogP contribution >= 0.6 is 15.9 Å². The van der Waals surface area contributed by atoms with Gasteiger partial charge in [0.05, 0.1) is 6.26 Å². The number of furan rings is 1. The molecule has 1 atom stereocenters. The molecule has 0 saturated heterocycles. The van der Waals surface area contributed by atoms with Gasteiger partial charge in [-0.3, -0.25) is 0 Å². The van der Waals surface area contributed by atoms with Crippen LogP contribution in [0, 0.1) is 0 Å². The van der Waals surface area contributed by atoms with E-state index in [-0.39, 0.29) is 6.04 Å². The molecule has 6 heteroatoms. The van der Waals surface area contributed by atoms with Gasteiger partial charge in [0, 0.05) is 10.2 Å². The lowest BCUT2D eigenvalue weighted by Gasteiger charge is -2.22. The number of allylic oxidation sites excluding steroid dienone is 1. The fourth-order valence-electron chi connectivity index (χ4n) is 2.39. The Kier molecular flexibility index (Phi) is 2.89. The van der Waals surface area contributed by atoms with Gasteiger partial charge in [-0.15, -0.1) is 0 Å². The maximum atomic E-state index is 5.53. The van der Waals surface area contributed by atoms with Crippen molar-refractivity contribution in [1.82, 2.24) is 14.8 Å². The molecule has 0 amide bonds. The number of benzene rings is 1. The van der Waals surface area contributed by atoms with Crippen molar-refractivity contribution < 1.29 is 4.42 Å². The summed E-state index contributed by atoms with van der Waals surface area (Å²) in [6.45, 7) is 0. The van der Waals surface area contributed by atoms with Crippen LogP contribution in [0.4, 0.5) is 5.95 Å². The standard InChI is InChI=1S/C15H11BrN4O/c16-11-5-3-10(4-6-11)12-8-13(14-2-1-7-21-14)20-15(19-12)17-9-18-20/h1-9,13H,(H,17,18,19)/t13-/m0/s1. The van der Waals surface area contributed by atoms with Crippen molar-refractivity contribution in [3.8, 4) is 0 Å². The summed E-state index contributed by atoms with van der Waals surface area (Å²) in [6, 6.07) is 11.8. The van der Waals surface area contributed by atoms with Crippen LogP contribution in [0.25, 0.3) is 5.70 Å². The number of rotatable bonds is 2. The van der Waals surface area contributed by atoms with Crippen LogP contribution in [0.3, 0.4) is 0 Å². The molecule has 1 N–H and O–H groups in total. The third-order valence-electron chi connectivity index (χ3n) is 3.40. The normalized spacial score (nSPS) is 17.0. The molecule has 0 saturated carbocycles. The lowest BCUT2D eigenvalue weighted by atomic mass is 10.1. The summed E-state index contributed by atoms with van der Waals surface area (Å²) in [6.07, 6.45) is 5.29. The summed E-state index contributed by atoms with van der Waals surface area (Å²) >= 11 is 3.45. The maximum Gasteiger partial charge on any atom is 0.226 e. The van der Waals surface area contributed by atoms with Crippen LogP contribution in [0.15, 0.2) is 64.0 Å². The highest BCUT2D eigenvalue weighted by molar-refractivity contribution is 9.10. The van der Waals surface area contributed by atoms with Gasteiger partial charge >= 0.3 is 0 Å². The number of halogens is 1. The molecule has 0 radical (unpaired) electrons. The Morgan fingerprint density at radius 3 is 2.81 bits per heavy atom. The SMILES string of the molecule is Brc1ccc(C2=C[C@@H](c3ccco3)n3ncnc3N2)cc1. The van der Waals surface area contributed by atoms with E-state index in [1.165, 1.54) is 6.33 Å². The zero-order chi connectivity index (χ0) is 14.2. The molecule has 104 valence electrons. The Bertz CT molecular complexity index is 789. The number of nitrogens with zero attached hydrogens (tertiary/aromatic N) is 3. The number of anilines is 1. The summed E-state index contributed by atoms with van der Waals surface area (Å²) in [5.74, 6) is 1.54. The van der Waals surface area contributed by atoms with Crippen molar-refractivity contribution >= 4 is 27.6 Å². The predicted octanol–water partition coefficient (Wildman–Crippen LogP) is 3.69. The van der Waals surface area contributed by atoms with Crippen molar-refractivity contribution in [1.29, 1.82) is 0 Å². The van der Waals surface area contributed by atoms with Gasteiger partial charge in [-0.05, 0) is 35.9 Å². The first-order valence-electron chi connectivity index (χ1n) is 6.49. The quantitative estimate of drug-likeness (QED) is 0.771. The highest BCUT2D eigenvalue weighted by Crippen LogP contribution is 2.32. The van der Waals surface area contributed by atoms with Crippen LogP contribution < -0.4 is 5.32 Å². The van der Waals surface area contributed by atoms with E-state index in [1.807, 2.05) is 36.4 Å². The first-order chi connectivity index (χ1) is 10.3. The van der Waals surface area contributed by atoms with Gasteiger partial charge in [-0.1, -0.05) is 28.1 Å². The summed E-state index contributed by atoms with van der Waals surface area (Å²) < 4.78 is 8.39. The molecular weight excluding hydrogens is 332 g/mol. The average Bonchev–Trinajstić information content (AvgIpc) is 3.18. The molecule has 5 nitrogen and oxygen atoms in total. The van der Waals surface area contributed by atoms with Crippen LogP contribution in [0.5, 0.6) is 0 Å². The number of hydrogen-bond donors (Lipinski definition) is 1. The highest BCUT2D eigenvalue weighted by atomic mass is 79.9. The Balaban J connectivity index is 1.80. The molecular formula is C15H11BrN4O. The molecule has 3 heterocycles. The Hall–Kier alpha value is -2.34. The maximum absolute atomic E-state index is 5.53. The average molecular weight is 343 g/mol. The lowest BCUT2D eigenvalue weighted by Crippen LogP contribution is -2.19. The molecule has 1 aliphatic rings. The smallest absolute Gasteiger partial charge is 0.226 e. The second-order valence-electron chi connectivity index (χ2n) is 4.70. The zero-order valence-electron chi connectivity index (χ0n) is 10.9. The molecule has 0 aliphatic carbocycles. The fraction of sp³-hybridized carbons (Fsp3) is 0.0667. The Morgan fingerprint density at radius 2 is 2.05 bits per heavy atom. The number of fused-ring (bicyclic) bond motifs is 1. The minimum atomic E-state index is -0.0996. The van der Waals surface area contributed by atoms with Crippen LogP contribution in [-0.2, 0) is 0 Å². The van der Waals surface area contributed by atoms with Crippen molar-refractivity contribution in [2.45, 2.75) is 6.04 Å². The molecule has 0 unspecified atom stereocenters. The predicted molar refractivity (Wildman–Crippen MR) is 82.6 cm³/mol. The van der Waals surface area contributed by atoms with E-state index in [0.717, 1.165) is 21.5 Å². The van der Waals surface area contributed by atoms with E-state index in [2.05, 4.69) is 37.4 Å². The van der Waals surface area contributed by atoms with Gasteiger partial charge < -0.3 is 9.73 Å². The number of hydrogen-bond acceptors (Lipinski definition) is 4. The van der Waals surface area contributed by atoms with Gasteiger partial charge in [0.25, 0.3) is 0 Å². The van der Waals surface area contributed by atoms with E-state index in [0.29, 0.717) is 5.95 Å². The molecule has 0 bridgehead atoms. The topological polar surface area (TPSA) is 55.9 Å².